The molecular formula is C12H26N2O2. The van der Waals surface area contributed by atoms with Gasteiger partial charge in [-0.3, -0.25) is 4.79 Å². The average molecular weight is 230 g/mol. The zero-order valence-corrected chi connectivity index (χ0v) is 11.0. The molecule has 0 radical (unpaired) electrons. The largest absolute Gasteiger partial charge is 0.364 e. The molecule has 0 rings (SSSR count). The summed E-state index contributed by atoms with van der Waals surface area (Å²) in [6.45, 7) is 9.43. The Labute approximate surface area is 98.9 Å². The first-order chi connectivity index (χ1) is 7.43. The normalized spacial score (nSPS) is 14.9. The number of ether oxygens (including phenoxy) is 1. The number of nitrogens with two attached hydrogens (primary N) is 1. The molecule has 0 fully saturated rings. The van der Waals surface area contributed by atoms with Crippen molar-refractivity contribution in [2.24, 2.45) is 11.7 Å². The summed E-state index contributed by atoms with van der Waals surface area (Å²) >= 11 is 0. The highest BCUT2D eigenvalue weighted by molar-refractivity contribution is 5.77. The first kappa shape index (κ1) is 15.4. The molecular weight excluding hydrogens is 204 g/mol. The molecule has 3 N–H and O–H groups in total. The van der Waals surface area contributed by atoms with Crippen molar-refractivity contribution in [3.8, 4) is 0 Å². The predicted octanol–water partition coefficient (Wildman–Crippen LogP) is 1.29. The number of hydrogen-bond acceptors (Lipinski definition) is 3. The minimum atomic E-state index is -0.380. The summed E-state index contributed by atoms with van der Waals surface area (Å²) in [5, 5.41) is 2.83. The summed E-state index contributed by atoms with van der Waals surface area (Å²) in [5.41, 5.74) is 5.21. The van der Waals surface area contributed by atoms with Crippen LogP contribution in [0.25, 0.3) is 0 Å². The zero-order valence-electron chi connectivity index (χ0n) is 11.0. The van der Waals surface area contributed by atoms with Crippen molar-refractivity contribution in [2.75, 3.05) is 19.7 Å². The van der Waals surface area contributed by atoms with Crippen LogP contribution >= 0.6 is 0 Å². The average Bonchev–Trinajstić information content (AvgIpc) is 2.25. The lowest BCUT2D eigenvalue weighted by Crippen LogP contribution is -2.40. The third-order valence-electron chi connectivity index (χ3n) is 2.78. The zero-order chi connectivity index (χ0) is 12.6. The van der Waals surface area contributed by atoms with E-state index in [4.69, 9.17) is 10.5 Å². The Bertz CT molecular complexity index is 201. The van der Waals surface area contributed by atoms with Crippen LogP contribution in [0.2, 0.25) is 0 Å². The predicted molar refractivity (Wildman–Crippen MR) is 66.2 cm³/mol. The molecule has 1 amide bonds. The van der Waals surface area contributed by atoms with Crippen LogP contribution in [0.3, 0.4) is 0 Å². The lowest BCUT2D eigenvalue weighted by atomic mass is 10.0. The minimum absolute atomic E-state index is 0.0613. The van der Waals surface area contributed by atoms with Gasteiger partial charge in [-0.1, -0.05) is 20.8 Å². The van der Waals surface area contributed by atoms with E-state index in [-0.39, 0.29) is 18.1 Å². The van der Waals surface area contributed by atoms with Crippen LogP contribution in [0.5, 0.6) is 0 Å². The van der Waals surface area contributed by atoms with Crippen molar-refractivity contribution < 1.29 is 9.53 Å². The van der Waals surface area contributed by atoms with E-state index in [0.29, 0.717) is 19.0 Å². The van der Waals surface area contributed by atoms with Gasteiger partial charge in [0.1, 0.15) is 6.61 Å². The van der Waals surface area contributed by atoms with Gasteiger partial charge in [0.05, 0.1) is 5.60 Å². The van der Waals surface area contributed by atoms with Crippen molar-refractivity contribution >= 4 is 5.91 Å². The second kappa shape index (κ2) is 7.63. The maximum absolute atomic E-state index is 11.4. The fourth-order valence-corrected chi connectivity index (χ4v) is 1.10. The van der Waals surface area contributed by atoms with Gasteiger partial charge in [-0.25, -0.2) is 0 Å². The molecule has 16 heavy (non-hydrogen) atoms. The number of rotatable bonds is 8. The van der Waals surface area contributed by atoms with Gasteiger partial charge in [-0.05, 0) is 25.7 Å². The molecule has 4 heteroatoms. The number of amides is 1. The van der Waals surface area contributed by atoms with Crippen LogP contribution in [0.4, 0.5) is 0 Å². The Morgan fingerprint density at radius 2 is 2.12 bits per heavy atom. The number of carbonyl (C=O) groups is 1. The molecule has 1 atom stereocenters. The molecule has 0 aromatic carbocycles. The third kappa shape index (κ3) is 6.80. The molecule has 4 nitrogen and oxygen atoms in total. The van der Waals surface area contributed by atoms with Crippen LogP contribution in [0.15, 0.2) is 0 Å². The maximum atomic E-state index is 11.4. The summed E-state index contributed by atoms with van der Waals surface area (Å²) in [6, 6.07) is 0. The van der Waals surface area contributed by atoms with Crippen LogP contribution in [-0.2, 0) is 9.53 Å². The lowest BCUT2D eigenvalue weighted by molar-refractivity contribution is -0.132. The smallest absolute Gasteiger partial charge is 0.246 e. The van der Waals surface area contributed by atoms with Gasteiger partial charge in [0.25, 0.3) is 0 Å². The second-order valence-electron chi connectivity index (χ2n) is 4.83. The van der Waals surface area contributed by atoms with Crippen molar-refractivity contribution in [3.05, 3.63) is 0 Å². The fraction of sp³-hybridized carbons (Fsp3) is 0.917. The lowest BCUT2D eigenvalue weighted by Gasteiger charge is -2.26. The van der Waals surface area contributed by atoms with E-state index in [2.05, 4.69) is 19.2 Å². The van der Waals surface area contributed by atoms with Crippen molar-refractivity contribution in [1.82, 2.24) is 5.32 Å². The van der Waals surface area contributed by atoms with Crippen LogP contribution < -0.4 is 11.1 Å². The van der Waals surface area contributed by atoms with Crippen LogP contribution in [0, 0.1) is 5.92 Å². The summed E-state index contributed by atoms with van der Waals surface area (Å²) in [7, 11) is 0. The fourth-order valence-electron chi connectivity index (χ4n) is 1.10. The molecule has 0 heterocycles. The van der Waals surface area contributed by atoms with E-state index in [1.807, 2.05) is 13.8 Å². The summed E-state index contributed by atoms with van der Waals surface area (Å²) in [4.78, 5) is 11.4. The molecule has 1 unspecified atom stereocenters. The number of hydrogen-bond donors (Lipinski definition) is 2. The molecule has 0 aliphatic rings. The molecule has 0 saturated heterocycles. The summed E-state index contributed by atoms with van der Waals surface area (Å²) in [6.07, 6.45) is 1.80. The first-order valence-corrected chi connectivity index (χ1v) is 6.04. The minimum Gasteiger partial charge on any atom is -0.364 e. The first-order valence-electron chi connectivity index (χ1n) is 6.04. The Balaban J connectivity index is 3.72. The molecule has 0 spiro atoms. The van der Waals surface area contributed by atoms with Gasteiger partial charge in [-0.15, -0.1) is 0 Å². The Hall–Kier alpha value is -0.610. The summed E-state index contributed by atoms with van der Waals surface area (Å²) < 4.78 is 5.51. The van der Waals surface area contributed by atoms with Gasteiger partial charge >= 0.3 is 0 Å². The van der Waals surface area contributed by atoms with Gasteiger partial charge in [-0.2, -0.15) is 0 Å². The van der Waals surface area contributed by atoms with E-state index < -0.39 is 0 Å². The second-order valence-corrected chi connectivity index (χ2v) is 4.83. The van der Waals surface area contributed by atoms with Gasteiger partial charge in [0, 0.05) is 13.1 Å². The van der Waals surface area contributed by atoms with E-state index in [1.165, 1.54) is 0 Å². The van der Waals surface area contributed by atoms with Gasteiger partial charge in [0.2, 0.25) is 5.91 Å². The monoisotopic (exact) mass is 230 g/mol. The van der Waals surface area contributed by atoms with Crippen molar-refractivity contribution in [2.45, 2.75) is 46.1 Å². The quantitative estimate of drug-likeness (QED) is 0.660. The Morgan fingerprint density at radius 1 is 1.50 bits per heavy atom. The van der Waals surface area contributed by atoms with Crippen molar-refractivity contribution in [1.29, 1.82) is 0 Å². The van der Waals surface area contributed by atoms with E-state index in [9.17, 15) is 4.79 Å². The molecule has 0 bridgehead atoms. The van der Waals surface area contributed by atoms with E-state index in [1.54, 1.807) is 0 Å². The van der Waals surface area contributed by atoms with Gasteiger partial charge in [0.15, 0.2) is 0 Å². The molecule has 96 valence electrons. The third-order valence-corrected chi connectivity index (χ3v) is 2.78. The maximum Gasteiger partial charge on any atom is 0.246 e. The highest BCUT2D eigenvalue weighted by Gasteiger charge is 2.21. The number of carbonyl (C=O) groups excluding carboxylic acids is 1. The molecule has 0 aliphatic carbocycles. The van der Waals surface area contributed by atoms with Crippen LogP contribution in [0.1, 0.15) is 40.5 Å². The van der Waals surface area contributed by atoms with E-state index >= 15 is 0 Å². The highest BCUT2D eigenvalue weighted by atomic mass is 16.5. The van der Waals surface area contributed by atoms with Crippen LogP contribution in [-0.4, -0.2) is 31.2 Å². The standard InChI is InChI=1S/C12H26N2O2/c1-5-12(4,9-13)16-8-11(15)14-7-6-10(2)3/h10H,5-9,13H2,1-4H3,(H,14,15). The SMILES string of the molecule is CCC(C)(CN)OCC(=O)NCCC(C)C. The van der Waals surface area contributed by atoms with Gasteiger partial charge < -0.3 is 15.8 Å². The summed E-state index contributed by atoms with van der Waals surface area (Å²) in [5.74, 6) is 0.542. The topological polar surface area (TPSA) is 64.3 Å². The van der Waals surface area contributed by atoms with E-state index in [0.717, 1.165) is 12.8 Å². The number of nitrogens with one attached hydrogen (secondary N) is 1. The molecule has 0 saturated carbocycles. The Morgan fingerprint density at radius 3 is 2.56 bits per heavy atom. The Kier molecular flexibility index (Phi) is 7.34. The molecule has 0 aromatic rings. The molecule has 0 aromatic heterocycles. The van der Waals surface area contributed by atoms with Crippen molar-refractivity contribution in [3.63, 3.8) is 0 Å². The highest BCUT2D eigenvalue weighted by Crippen LogP contribution is 2.12. The molecule has 0 aliphatic heterocycles.